The fourth-order valence-corrected chi connectivity index (χ4v) is 2.71. The van der Waals surface area contributed by atoms with Crippen molar-refractivity contribution in [2.75, 3.05) is 27.1 Å². The van der Waals surface area contributed by atoms with Gasteiger partial charge in [-0.3, -0.25) is 9.69 Å². The van der Waals surface area contributed by atoms with Crippen LogP contribution in [0.1, 0.15) is 63.0 Å². The van der Waals surface area contributed by atoms with E-state index >= 15 is 0 Å². The molecule has 3 rings (SSSR count). The summed E-state index contributed by atoms with van der Waals surface area (Å²) in [6, 6.07) is -1.63. The lowest BCUT2D eigenvalue weighted by molar-refractivity contribution is -0.129. The number of ketones is 1. The minimum Gasteiger partial charge on any atom is -0.493 e. The van der Waals surface area contributed by atoms with Crippen LogP contribution < -0.4 is 9.47 Å². The molecule has 23 heavy (non-hydrogen) atoms. The second kappa shape index (κ2) is 6.52. The van der Waals surface area contributed by atoms with Crippen molar-refractivity contribution in [3.63, 3.8) is 0 Å². The fraction of sp³-hybridized carbons (Fsp3) is 0.632. The number of benzene rings is 1. The van der Waals surface area contributed by atoms with Crippen LogP contribution in [-0.4, -0.2) is 37.8 Å². The minimum absolute atomic E-state index is 0.192. The van der Waals surface area contributed by atoms with E-state index in [0.29, 0.717) is 17.0 Å². The van der Waals surface area contributed by atoms with Crippen LogP contribution in [-0.2, 0) is 11.2 Å². The molecule has 2 aliphatic rings. The van der Waals surface area contributed by atoms with Gasteiger partial charge >= 0.3 is 0 Å². The monoisotopic (exact) mass is 331 g/mol. The molecule has 2 heterocycles. The zero-order chi connectivity index (χ0) is 28.8. The average Bonchev–Trinajstić information content (AvgIpc) is 2.67. The van der Waals surface area contributed by atoms with Gasteiger partial charge < -0.3 is 9.47 Å². The third kappa shape index (κ3) is 3.09. The molecule has 0 spiro atoms. The van der Waals surface area contributed by atoms with Crippen LogP contribution in [0.25, 0.3) is 0 Å². The Hall–Kier alpha value is -1.55. The van der Waals surface area contributed by atoms with E-state index in [4.69, 9.17) is 28.7 Å². The summed E-state index contributed by atoms with van der Waals surface area (Å²) in [5.41, 5.74) is -1.38. The highest BCUT2D eigenvalue weighted by Gasteiger charge is 2.38. The van der Waals surface area contributed by atoms with Crippen molar-refractivity contribution in [1.82, 2.24) is 4.90 Å². The number of ether oxygens (including phenoxy) is 2. The molecule has 2 unspecified atom stereocenters. The number of hydrogen-bond donors (Lipinski definition) is 0. The Balaban J connectivity index is 2.41. The van der Waals surface area contributed by atoms with Crippen LogP contribution in [0.5, 0.6) is 11.5 Å². The third-order valence-corrected chi connectivity index (χ3v) is 3.71. The smallest absolute Gasteiger partial charge is 0.161 e. The maximum Gasteiger partial charge on any atom is 0.161 e. The van der Waals surface area contributed by atoms with Crippen LogP contribution in [0.2, 0.25) is 0 Å². The van der Waals surface area contributed by atoms with Crippen molar-refractivity contribution in [3.05, 3.63) is 23.3 Å². The highest BCUT2D eigenvalue weighted by Crippen LogP contribution is 2.42. The number of hydrogen-bond acceptors (Lipinski definition) is 4. The predicted molar refractivity (Wildman–Crippen MR) is 90.1 cm³/mol. The molecular formula is C19H27NO3. The lowest BCUT2D eigenvalue weighted by atomic mass is 9.80. The maximum absolute atomic E-state index is 13.4. The van der Waals surface area contributed by atoms with Gasteiger partial charge in [-0.1, -0.05) is 13.8 Å². The zero-order valence-corrected chi connectivity index (χ0v) is 12.8. The van der Waals surface area contributed by atoms with Gasteiger partial charge in [0, 0.05) is 40.9 Å². The molecule has 0 amide bonds. The molecule has 1 aromatic rings. The first-order valence-corrected chi connectivity index (χ1v) is 7.21. The van der Waals surface area contributed by atoms with Crippen molar-refractivity contribution in [1.29, 1.82) is 0 Å². The zero-order valence-electron chi connectivity index (χ0n) is 26.8. The molecular weight excluding hydrogens is 290 g/mol. The summed E-state index contributed by atoms with van der Waals surface area (Å²) in [6.07, 6.45) is -6.54. The Morgan fingerprint density at radius 1 is 1.39 bits per heavy atom. The SMILES string of the molecule is [2H]C([2H])([2H])Oc1cc2c(cc1OC([2H])([2H])[2H])C1([2H])N(CC([2H])(CC(C)C)C(=O)C1([2H])[2H])C([2H])([2H])C2([2H])[2H]. The number of nitrogens with zero attached hydrogens (tertiary/aromatic N) is 1. The van der Waals surface area contributed by atoms with E-state index in [9.17, 15) is 4.79 Å². The van der Waals surface area contributed by atoms with Gasteiger partial charge in [0.1, 0.15) is 5.78 Å². The summed E-state index contributed by atoms with van der Waals surface area (Å²) in [6.45, 7) is -0.664. The fourth-order valence-electron chi connectivity index (χ4n) is 2.71. The van der Waals surface area contributed by atoms with Gasteiger partial charge in [0.2, 0.25) is 0 Å². The van der Waals surface area contributed by atoms with Gasteiger partial charge in [0.15, 0.2) is 11.5 Å². The van der Waals surface area contributed by atoms with E-state index in [1.165, 1.54) is 0 Å². The van der Waals surface area contributed by atoms with E-state index in [1.807, 2.05) is 0 Å². The normalized spacial score (nSPS) is 47.3. The largest absolute Gasteiger partial charge is 0.493 e. The van der Waals surface area contributed by atoms with Crippen molar-refractivity contribution in [2.45, 2.75) is 39.0 Å². The second-order valence-electron chi connectivity index (χ2n) is 5.88. The molecule has 2 aliphatic heterocycles. The molecule has 2 atom stereocenters. The number of methoxy groups -OCH3 is 2. The number of piperidine rings is 1. The Morgan fingerprint density at radius 3 is 2.83 bits per heavy atom. The number of carbonyl (C=O) groups is 1. The Kier molecular flexibility index (Phi) is 1.81. The van der Waals surface area contributed by atoms with E-state index < -0.39 is 80.2 Å². The molecule has 4 heteroatoms. The number of carbonyl (C=O) groups excluding carboxylic acids is 1. The molecule has 1 saturated heterocycles. The van der Waals surface area contributed by atoms with Crippen molar-refractivity contribution in [2.24, 2.45) is 11.8 Å². The topological polar surface area (TPSA) is 38.8 Å². The lowest BCUT2D eigenvalue weighted by Gasteiger charge is -2.43. The summed E-state index contributed by atoms with van der Waals surface area (Å²) < 4.78 is 124. The van der Waals surface area contributed by atoms with E-state index in [2.05, 4.69) is 0 Å². The standard InChI is InChI=1S/C19H27NO3/c1-12(2)7-14-11-20-6-5-13-8-18(22-3)19(23-4)9-15(13)16(20)10-17(14)21/h8-9,12,14,16H,5-7,10-11H2,1-4H3/i3D3,4D3,5D2,6D2,10D2,14D,16D. The molecule has 126 valence electrons. The number of Topliss-reactive ketones (excluding diaryl/α,β-unsaturated/α-hetero) is 1. The Bertz CT molecular complexity index is 1100. The molecule has 0 radical (unpaired) electrons. The Morgan fingerprint density at radius 2 is 2.13 bits per heavy atom. The molecule has 1 aromatic carbocycles. The van der Waals surface area contributed by atoms with Crippen LogP contribution in [0, 0.1) is 11.8 Å². The van der Waals surface area contributed by atoms with E-state index in [1.54, 1.807) is 13.8 Å². The van der Waals surface area contributed by atoms with Crippen LogP contribution in [0.15, 0.2) is 12.1 Å². The second-order valence-corrected chi connectivity index (χ2v) is 5.88. The van der Waals surface area contributed by atoms with Crippen molar-refractivity contribution in [3.8, 4) is 11.5 Å². The summed E-state index contributed by atoms with van der Waals surface area (Å²) >= 11 is 0. The molecule has 1 fully saturated rings. The third-order valence-electron chi connectivity index (χ3n) is 3.71. The van der Waals surface area contributed by atoms with E-state index in [0.717, 1.165) is 0 Å². The van der Waals surface area contributed by atoms with Crippen molar-refractivity contribution >= 4 is 5.78 Å². The van der Waals surface area contributed by atoms with Gasteiger partial charge in [-0.25, -0.2) is 0 Å². The van der Waals surface area contributed by atoms with Crippen LogP contribution in [0.4, 0.5) is 0 Å². The Labute approximate surface area is 158 Å². The first-order chi connectivity index (χ1) is 16.3. The van der Waals surface area contributed by atoms with Gasteiger partial charge in [0.25, 0.3) is 0 Å². The van der Waals surface area contributed by atoms with Crippen molar-refractivity contribution < 1.29 is 33.5 Å². The maximum atomic E-state index is 13.4. The molecule has 0 aromatic heterocycles. The highest BCUT2D eigenvalue weighted by atomic mass is 16.5. The van der Waals surface area contributed by atoms with Crippen LogP contribution >= 0.6 is 0 Å². The molecule has 0 saturated carbocycles. The van der Waals surface area contributed by atoms with Gasteiger partial charge in [0.05, 0.1) is 23.7 Å². The van der Waals surface area contributed by atoms with Crippen LogP contribution in [0.3, 0.4) is 0 Å². The van der Waals surface area contributed by atoms with Gasteiger partial charge in [-0.05, 0) is 42.0 Å². The highest BCUT2D eigenvalue weighted by molar-refractivity contribution is 5.83. The average molecular weight is 332 g/mol. The summed E-state index contributed by atoms with van der Waals surface area (Å²) in [7, 11) is -6.34. The van der Waals surface area contributed by atoms with Gasteiger partial charge in [-0.15, -0.1) is 0 Å². The first kappa shape index (κ1) is 6.40. The quantitative estimate of drug-likeness (QED) is 0.849. The molecule has 4 nitrogen and oxygen atoms in total. The minimum atomic E-state index is -3.29. The predicted octanol–water partition coefficient (Wildman–Crippen LogP) is 3.24. The van der Waals surface area contributed by atoms with Gasteiger partial charge in [-0.2, -0.15) is 0 Å². The summed E-state index contributed by atoms with van der Waals surface area (Å²) in [5, 5.41) is 0. The number of rotatable bonds is 4. The lowest BCUT2D eigenvalue weighted by Crippen LogP contribution is -2.46. The number of fused-ring (bicyclic) bond motifs is 3. The molecule has 0 bridgehead atoms. The molecule has 0 N–H and O–H groups in total. The van der Waals surface area contributed by atoms with E-state index in [-0.39, 0.29) is 12.3 Å². The summed E-state index contributed by atoms with van der Waals surface area (Å²) in [4.78, 5) is 13.8. The molecule has 0 aliphatic carbocycles. The first-order valence-electron chi connectivity index (χ1n) is 14.2. The summed E-state index contributed by atoms with van der Waals surface area (Å²) in [5.74, 6) is -5.43. The number of aryl methyl sites for hydroxylation is 1.